The predicted molar refractivity (Wildman–Crippen MR) is 46.8 cm³/mol. The molecule has 5 nitrogen and oxygen atoms in total. The summed E-state index contributed by atoms with van der Waals surface area (Å²) < 4.78 is 26.5. The second-order valence-electron chi connectivity index (χ2n) is 3.01. The number of nitrogens with zero attached hydrogens (tertiary/aromatic N) is 1. The Labute approximate surface area is 73.1 Å². The highest BCUT2D eigenvalue weighted by molar-refractivity contribution is 7.87. The second kappa shape index (κ2) is 3.69. The molecule has 0 amide bonds. The molecule has 1 aliphatic carbocycles. The van der Waals surface area contributed by atoms with Crippen LogP contribution in [0.3, 0.4) is 0 Å². The SMILES string of the molecule is CN(CCN)S(=O)(=O)NC1CC1. The van der Waals surface area contributed by atoms with Crippen LogP contribution in [-0.4, -0.2) is 38.9 Å². The maximum Gasteiger partial charge on any atom is 0.279 e. The molecule has 72 valence electrons. The van der Waals surface area contributed by atoms with Gasteiger partial charge in [0.2, 0.25) is 0 Å². The first-order chi connectivity index (χ1) is 5.56. The fourth-order valence-electron chi connectivity index (χ4n) is 0.804. The highest BCUT2D eigenvalue weighted by Gasteiger charge is 2.28. The molecule has 6 heteroatoms. The van der Waals surface area contributed by atoms with Crippen LogP contribution in [-0.2, 0) is 10.2 Å². The Morgan fingerprint density at radius 2 is 2.17 bits per heavy atom. The lowest BCUT2D eigenvalue weighted by atomic mass is 10.7. The maximum atomic E-state index is 11.3. The monoisotopic (exact) mass is 193 g/mol. The third-order valence-electron chi connectivity index (χ3n) is 1.75. The van der Waals surface area contributed by atoms with E-state index in [1.165, 1.54) is 11.4 Å². The van der Waals surface area contributed by atoms with Crippen molar-refractivity contribution in [2.24, 2.45) is 5.73 Å². The number of rotatable bonds is 5. The topological polar surface area (TPSA) is 75.4 Å². The Kier molecular flexibility index (Phi) is 3.05. The van der Waals surface area contributed by atoms with Crippen LogP contribution in [0, 0.1) is 0 Å². The molecule has 1 saturated carbocycles. The minimum atomic E-state index is -3.26. The van der Waals surface area contributed by atoms with Gasteiger partial charge in [-0.3, -0.25) is 0 Å². The summed E-state index contributed by atoms with van der Waals surface area (Å²) >= 11 is 0. The van der Waals surface area contributed by atoms with Crippen LogP contribution < -0.4 is 10.5 Å². The Bertz CT molecular complexity index is 235. The molecule has 0 spiro atoms. The number of hydrogen-bond acceptors (Lipinski definition) is 3. The minimum Gasteiger partial charge on any atom is -0.329 e. The zero-order chi connectivity index (χ0) is 9.19. The first-order valence-corrected chi connectivity index (χ1v) is 5.44. The number of hydrogen-bond donors (Lipinski definition) is 2. The molecule has 3 N–H and O–H groups in total. The van der Waals surface area contributed by atoms with Crippen molar-refractivity contribution in [3.05, 3.63) is 0 Å². The van der Waals surface area contributed by atoms with Gasteiger partial charge in [0, 0.05) is 26.2 Å². The molecular formula is C6H15N3O2S. The van der Waals surface area contributed by atoms with E-state index in [1.54, 1.807) is 0 Å². The van der Waals surface area contributed by atoms with Gasteiger partial charge < -0.3 is 5.73 Å². The van der Waals surface area contributed by atoms with Crippen molar-refractivity contribution < 1.29 is 8.42 Å². The van der Waals surface area contributed by atoms with Gasteiger partial charge in [0.25, 0.3) is 10.2 Å². The van der Waals surface area contributed by atoms with Crippen LogP contribution in [0.1, 0.15) is 12.8 Å². The van der Waals surface area contributed by atoms with E-state index in [0.717, 1.165) is 12.8 Å². The summed E-state index contributed by atoms with van der Waals surface area (Å²) in [5.41, 5.74) is 5.24. The van der Waals surface area contributed by atoms with Crippen molar-refractivity contribution in [1.29, 1.82) is 0 Å². The first-order valence-electron chi connectivity index (χ1n) is 4.00. The van der Waals surface area contributed by atoms with Gasteiger partial charge >= 0.3 is 0 Å². The van der Waals surface area contributed by atoms with Gasteiger partial charge in [-0.15, -0.1) is 0 Å². The molecule has 0 unspecified atom stereocenters. The molecule has 0 heterocycles. The van der Waals surface area contributed by atoms with E-state index >= 15 is 0 Å². The standard InChI is InChI=1S/C6H15N3O2S/c1-9(5-4-7)12(10,11)8-6-2-3-6/h6,8H,2-5,7H2,1H3. The van der Waals surface area contributed by atoms with Crippen LogP contribution in [0.4, 0.5) is 0 Å². The average Bonchev–Trinajstić information content (AvgIpc) is 2.71. The molecule has 1 fully saturated rings. The first kappa shape index (κ1) is 9.91. The summed E-state index contributed by atoms with van der Waals surface area (Å²) in [6, 6.07) is 0.162. The Balaban J connectivity index is 2.44. The summed E-state index contributed by atoms with van der Waals surface area (Å²) in [5.74, 6) is 0. The van der Waals surface area contributed by atoms with Crippen molar-refractivity contribution in [3.63, 3.8) is 0 Å². The lowest BCUT2D eigenvalue weighted by Crippen LogP contribution is -2.41. The van der Waals surface area contributed by atoms with Crippen molar-refractivity contribution in [1.82, 2.24) is 9.03 Å². The van der Waals surface area contributed by atoms with E-state index in [1.807, 2.05) is 0 Å². The van der Waals surface area contributed by atoms with Gasteiger partial charge in [-0.05, 0) is 12.8 Å². The lowest BCUT2D eigenvalue weighted by molar-refractivity contribution is 0.464. The molecular weight excluding hydrogens is 178 g/mol. The summed E-state index contributed by atoms with van der Waals surface area (Å²) in [4.78, 5) is 0. The highest BCUT2D eigenvalue weighted by atomic mass is 32.2. The smallest absolute Gasteiger partial charge is 0.279 e. The summed E-state index contributed by atoms with van der Waals surface area (Å²) in [5, 5.41) is 0. The molecule has 1 aliphatic rings. The van der Waals surface area contributed by atoms with E-state index < -0.39 is 10.2 Å². The summed E-state index contributed by atoms with van der Waals surface area (Å²) in [6.07, 6.45) is 1.91. The average molecular weight is 193 g/mol. The van der Waals surface area contributed by atoms with Crippen molar-refractivity contribution in [2.45, 2.75) is 18.9 Å². The Morgan fingerprint density at radius 1 is 1.58 bits per heavy atom. The molecule has 1 rings (SSSR count). The van der Waals surface area contributed by atoms with Gasteiger partial charge in [0.1, 0.15) is 0 Å². The minimum absolute atomic E-state index is 0.162. The second-order valence-corrected chi connectivity index (χ2v) is 4.82. The Morgan fingerprint density at radius 3 is 2.58 bits per heavy atom. The third-order valence-corrected chi connectivity index (χ3v) is 3.38. The molecule has 0 saturated heterocycles. The Hall–Kier alpha value is -0.170. The van der Waals surface area contributed by atoms with E-state index in [4.69, 9.17) is 5.73 Å². The molecule has 0 bridgehead atoms. The van der Waals surface area contributed by atoms with E-state index in [2.05, 4.69) is 4.72 Å². The van der Waals surface area contributed by atoms with E-state index in [0.29, 0.717) is 13.1 Å². The third kappa shape index (κ3) is 2.71. The van der Waals surface area contributed by atoms with Gasteiger partial charge in [0.15, 0.2) is 0 Å². The number of nitrogens with one attached hydrogen (secondary N) is 1. The van der Waals surface area contributed by atoms with Crippen molar-refractivity contribution in [2.75, 3.05) is 20.1 Å². The molecule has 0 aromatic rings. The van der Waals surface area contributed by atoms with Crippen LogP contribution in [0.25, 0.3) is 0 Å². The summed E-state index contributed by atoms with van der Waals surface area (Å²) in [7, 11) is -1.73. The zero-order valence-electron chi connectivity index (χ0n) is 7.16. The van der Waals surface area contributed by atoms with Gasteiger partial charge in [-0.1, -0.05) is 0 Å². The van der Waals surface area contributed by atoms with Crippen molar-refractivity contribution >= 4 is 10.2 Å². The maximum absolute atomic E-state index is 11.3. The zero-order valence-corrected chi connectivity index (χ0v) is 7.97. The van der Waals surface area contributed by atoms with E-state index in [9.17, 15) is 8.42 Å². The number of likely N-dealkylation sites (N-methyl/N-ethyl adjacent to an activating group) is 1. The molecule has 0 aliphatic heterocycles. The molecule has 0 aromatic carbocycles. The fraction of sp³-hybridized carbons (Fsp3) is 1.00. The molecule has 0 atom stereocenters. The van der Waals surface area contributed by atoms with Crippen LogP contribution in [0.2, 0.25) is 0 Å². The van der Waals surface area contributed by atoms with Gasteiger partial charge in [0.05, 0.1) is 0 Å². The largest absolute Gasteiger partial charge is 0.329 e. The van der Waals surface area contributed by atoms with E-state index in [-0.39, 0.29) is 6.04 Å². The van der Waals surface area contributed by atoms with Crippen LogP contribution in [0.5, 0.6) is 0 Å². The predicted octanol–water partition coefficient (Wildman–Crippen LogP) is -1.13. The van der Waals surface area contributed by atoms with Crippen LogP contribution >= 0.6 is 0 Å². The van der Waals surface area contributed by atoms with Gasteiger partial charge in [-0.2, -0.15) is 17.4 Å². The summed E-state index contributed by atoms with van der Waals surface area (Å²) in [6.45, 7) is 0.712. The van der Waals surface area contributed by atoms with Crippen molar-refractivity contribution in [3.8, 4) is 0 Å². The normalized spacial score (nSPS) is 18.6. The molecule has 12 heavy (non-hydrogen) atoms. The molecule has 0 radical (unpaired) electrons. The number of nitrogens with two attached hydrogens (primary N) is 1. The van der Waals surface area contributed by atoms with Gasteiger partial charge in [-0.25, -0.2) is 0 Å². The fourth-order valence-corrected chi connectivity index (χ4v) is 1.99. The quantitative estimate of drug-likeness (QED) is 0.580. The lowest BCUT2D eigenvalue weighted by Gasteiger charge is -2.15. The highest BCUT2D eigenvalue weighted by Crippen LogP contribution is 2.20. The molecule has 0 aromatic heterocycles. The van der Waals surface area contributed by atoms with Crippen LogP contribution in [0.15, 0.2) is 0 Å².